The molecular formula is C8H10Br2S. The van der Waals surface area contributed by atoms with Gasteiger partial charge in [0, 0.05) is 9.35 Å². The molecule has 0 atom stereocenters. The average molecular weight is 298 g/mol. The van der Waals surface area contributed by atoms with Crippen molar-refractivity contribution in [3.05, 3.63) is 19.2 Å². The minimum Gasteiger partial charge on any atom is -0.132 e. The van der Waals surface area contributed by atoms with Crippen molar-refractivity contribution in [2.24, 2.45) is 0 Å². The number of thiophene rings is 1. The molecule has 1 aromatic rings. The van der Waals surface area contributed by atoms with Gasteiger partial charge >= 0.3 is 0 Å². The molecule has 3 heteroatoms. The maximum atomic E-state index is 3.53. The SMILES string of the molecule is CC(C)(C)c1sc(Br)cc1Br. The first-order chi connectivity index (χ1) is 4.91. The molecule has 1 heterocycles. The van der Waals surface area contributed by atoms with Crippen LogP contribution in [0.3, 0.4) is 0 Å². The maximum Gasteiger partial charge on any atom is 0.0713 e. The van der Waals surface area contributed by atoms with E-state index in [0.717, 1.165) is 0 Å². The van der Waals surface area contributed by atoms with Crippen LogP contribution in [0.2, 0.25) is 0 Å². The Balaban J connectivity index is 3.13. The van der Waals surface area contributed by atoms with E-state index in [-0.39, 0.29) is 5.41 Å². The van der Waals surface area contributed by atoms with Crippen LogP contribution in [0.4, 0.5) is 0 Å². The topological polar surface area (TPSA) is 0 Å². The summed E-state index contributed by atoms with van der Waals surface area (Å²) in [4.78, 5) is 1.39. The molecule has 0 bridgehead atoms. The number of rotatable bonds is 0. The second kappa shape index (κ2) is 3.19. The van der Waals surface area contributed by atoms with E-state index in [4.69, 9.17) is 0 Å². The van der Waals surface area contributed by atoms with Crippen molar-refractivity contribution < 1.29 is 0 Å². The van der Waals surface area contributed by atoms with Gasteiger partial charge in [-0.3, -0.25) is 0 Å². The Hall–Kier alpha value is 0.660. The molecule has 1 rings (SSSR count). The summed E-state index contributed by atoms with van der Waals surface area (Å²) in [5.74, 6) is 0. The van der Waals surface area contributed by atoms with Crippen LogP contribution in [-0.2, 0) is 5.41 Å². The molecule has 0 fully saturated rings. The highest BCUT2D eigenvalue weighted by Gasteiger charge is 2.19. The molecule has 11 heavy (non-hydrogen) atoms. The largest absolute Gasteiger partial charge is 0.132 e. The molecule has 0 aliphatic rings. The molecule has 0 aliphatic heterocycles. The average Bonchev–Trinajstić information content (AvgIpc) is 2.08. The summed E-state index contributed by atoms with van der Waals surface area (Å²) in [5.41, 5.74) is 0.246. The Morgan fingerprint density at radius 3 is 2.00 bits per heavy atom. The maximum absolute atomic E-state index is 3.53. The van der Waals surface area contributed by atoms with E-state index in [0.29, 0.717) is 0 Å². The third-order valence-corrected chi connectivity index (χ3v) is 4.29. The Labute approximate surface area is 88.3 Å². The van der Waals surface area contributed by atoms with Gasteiger partial charge in [-0.15, -0.1) is 11.3 Å². The fourth-order valence-electron chi connectivity index (χ4n) is 0.852. The van der Waals surface area contributed by atoms with Gasteiger partial charge < -0.3 is 0 Å². The molecule has 62 valence electrons. The first-order valence-corrected chi connectivity index (χ1v) is 5.77. The van der Waals surface area contributed by atoms with Crippen molar-refractivity contribution in [3.8, 4) is 0 Å². The van der Waals surface area contributed by atoms with E-state index in [1.807, 2.05) is 0 Å². The standard InChI is InChI=1S/C8H10Br2S/c1-8(2,3)7-5(9)4-6(10)11-7/h4H,1-3H3. The van der Waals surface area contributed by atoms with Crippen LogP contribution in [0.25, 0.3) is 0 Å². The normalized spacial score (nSPS) is 12.1. The summed E-state index contributed by atoms with van der Waals surface area (Å²) in [6.07, 6.45) is 0. The summed E-state index contributed by atoms with van der Waals surface area (Å²) >= 11 is 8.79. The van der Waals surface area contributed by atoms with Crippen LogP contribution in [0.15, 0.2) is 14.3 Å². The third kappa shape index (κ3) is 2.30. The van der Waals surface area contributed by atoms with E-state index in [9.17, 15) is 0 Å². The van der Waals surface area contributed by atoms with Gasteiger partial charge in [-0.2, -0.15) is 0 Å². The van der Waals surface area contributed by atoms with Crippen molar-refractivity contribution in [1.29, 1.82) is 0 Å². The van der Waals surface area contributed by atoms with E-state index in [1.54, 1.807) is 11.3 Å². The molecule has 0 N–H and O–H groups in total. The quantitative estimate of drug-likeness (QED) is 0.658. The highest BCUT2D eigenvalue weighted by atomic mass is 79.9. The predicted octanol–water partition coefficient (Wildman–Crippen LogP) is 4.57. The summed E-state index contributed by atoms with van der Waals surface area (Å²) in [5, 5.41) is 0. The van der Waals surface area contributed by atoms with Crippen LogP contribution < -0.4 is 0 Å². The second-order valence-electron chi connectivity index (χ2n) is 3.48. The lowest BCUT2D eigenvalue weighted by Crippen LogP contribution is -2.08. The number of hydrogen-bond donors (Lipinski definition) is 0. The van der Waals surface area contributed by atoms with E-state index < -0.39 is 0 Å². The van der Waals surface area contributed by atoms with Gasteiger partial charge in [-0.25, -0.2) is 0 Å². The molecule has 0 unspecified atom stereocenters. The summed E-state index contributed by atoms with van der Waals surface area (Å²) in [6.45, 7) is 6.65. The Kier molecular flexibility index (Phi) is 2.83. The van der Waals surface area contributed by atoms with E-state index in [1.165, 1.54) is 13.1 Å². The Bertz CT molecular complexity index is 258. The van der Waals surface area contributed by atoms with E-state index in [2.05, 4.69) is 58.7 Å². The highest BCUT2D eigenvalue weighted by Crippen LogP contribution is 2.38. The molecule has 0 nitrogen and oxygen atoms in total. The molecule has 0 saturated carbocycles. The zero-order valence-corrected chi connectivity index (χ0v) is 10.7. The lowest BCUT2D eigenvalue weighted by atomic mass is 9.95. The molecule has 0 aromatic carbocycles. The molecule has 0 saturated heterocycles. The smallest absolute Gasteiger partial charge is 0.0713 e. The molecule has 0 amide bonds. The fraction of sp³-hybridized carbons (Fsp3) is 0.500. The van der Waals surface area contributed by atoms with E-state index >= 15 is 0 Å². The van der Waals surface area contributed by atoms with Crippen LogP contribution in [-0.4, -0.2) is 0 Å². The lowest BCUT2D eigenvalue weighted by molar-refractivity contribution is 0.601. The zero-order chi connectivity index (χ0) is 8.65. The van der Waals surface area contributed by atoms with Crippen molar-refractivity contribution in [2.45, 2.75) is 26.2 Å². The van der Waals surface area contributed by atoms with Crippen LogP contribution in [0.5, 0.6) is 0 Å². The van der Waals surface area contributed by atoms with Gasteiger partial charge in [-0.05, 0) is 43.3 Å². The van der Waals surface area contributed by atoms with Crippen molar-refractivity contribution in [2.75, 3.05) is 0 Å². The molecule has 0 spiro atoms. The predicted molar refractivity (Wildman–Crippen MR) is 58.4 cm³/mol. The molecule has 0 aliphatic carbocycles. The fourth-order valence-corrected chi connectivity index (χ4v) is 3.93. The molecule has 0 radical (unpaired) electrons. The van der Waals surface area contributed by atoms with Crippen molar-refractivity contribution >= 4 is 43.2 Å². The van der Waals surface area contributed by atoms with Crippen LogP contribution in [0.1, 0.15) is 25.6 Å². The first-order valence-electron chi connectivity index (χ1n) is 3.36. The summed E-state index contributed by atoms with van der Waals surface area (Å²) in [6, 6.07) is 2.10. The van der Waals surface area contributed by atoms with Crippen molar-refractivity contribution in [3.63, 3.8) is 0 Å². The summed E-state index contributed by atoms with van der Waals surface area (Å²) < 4.78 is 2.40. The lowest BCUT2D eigenvalue weighted by Gasteiger charge is -2.16. The van der Waals surface area contributed by atoms with Gasteiger partial charge in [0.1, 0.15) is 0 Å². The Morgan fingerprint density at radius 2 is 1.82 bits per heavy atom. The van der Waals surface area contributed by atoms with Crippen LogP contribution in [0, 0.1) is 0 Å². The zero-order valence-electron chi connectivity index (χ0n) is 6.74. The monoisotopic (exact) mass is 296 g/mol. The Morgan fingerprint density at radius 1 is 1.27 bits per heavy atom. The van der Waals surface area contributed by atoms with Crippen molar-refractivity contribution in [1.82, 2.24) is 0 Å². The van der Waals surface area contributed by atoms with Gasteiger partial charge in [0.05, 0.1) is 3.79 Å². The van der Waals surface area contributed by atoms with Gasteiger partial charge in [0.25, 0.3) is 0 Å². The second-order valence-corrected chi connectivity index (χ2v) is 6.76. The highest BCUT2D eigenvalue weighted by molar-refractivity contribution is 9.11. The van der Waals surface area contributed by atoms with Gasteiger partial charge in [0.15, 0.2) is 0 Å². The van der Waals surface area contributed by atoms with Crippen LogP contribution >= 0.6 is 43.2 Å². The number of hydrogen-bond acceptors (Lipinski definition) is 1. The minimum absolute atomic E-state index is 0.246. The third-order valence-electron chi connectivity index (χ3n) is 1.34. The molecular weight excluding hydrogens is 288 g/mol. The minimum atomic E-state index is 0.246. The van der Waals surface area contributed by atoms with Gasteiger partial charge in [-0.1, -0.05) is 20.8 Å². The first kappa shape index (κ1) is 9.75. The number of halogens is 2. The summed E-state index contributed by atoms with van der Waals surface area (Å²) in [7, 11) is 0. The van der Waals surface area contributed by atoms with Gasteiger partial charge in [0.2, 0.25) is 0 Å². The molecule has 1 aromatic heterocycles.